The molecule has 260 valence electrons. The standard InChI is InChI=1S/2C16H34S.2C4H9.Sn/c2*1-2-3-4-5-6-7-8-9-10-11-12-13-14-15-16-17;2*1-3-4-2;/h2*17H,2-16H2,1H3;2*1,3-4H2,2H3;/q;;;;+2/p-2. The summed E-state index contributed by atoms with van der Waals surface area (Å²) < 4.78 is 0. The average molecular weight is 748 g/mol. The van der Waals surface area contributed by atoms with Gasteiger partial charge in [-0.2, -0.15) is 11.5 Å². The predicted molar refractivity (Wildman–Crippen MR) is 211 cm³/mol. The Morgan fingerprint density at radius 2 is 0.419 bits per heavy atom. The van der Waals surface area contributed by atoms with Crippen LogP contribution in [0.5, 0.6) is 0 Å². The fourth-order valence-corrected chi connectivity index (χ4v) is 5.00. The van der Waals surface area contributed by atoms with Crippen molar-refractivity contribution in [1.82, 2.24) is 0 Å². The number of unbranched alkanes of at least 4 members (excludes halogenated alkanes) is 28. The first kappa shape index (κ1) is 54.0. The van der Waals surface area contributed by atoms with Crippen molar-refractivity contribution in [1.29, 1.82) is 0 Å². The van der Waals surface area contributed by atoms with Gasteiger partial charge in [0.05, 0.1) is 0 Å². The van der Waals surface area contributed by atoms with Crippen molar-refractivity contribution in [3.05, 3.63) is 13.8 Å². The van der Waals surface area contributed by atoms with Crippen LogP contribution in [0.2, 0.25) is 0 Å². The van der Waals surface area contributed by atoms with E-state index in [9.17, 15) is 0 Å². The number of hydrogen-bond acceptors (Lipinski definition) is 2. The molecular weight excluding hydrogens is 663 g/mol. The Labute approximate surface area is 305 Å². The largest absolute Gasteiger partial charge is 2.00 e. The van der Waals surface area contributed by atoms with Crippen molar-refractivity contribution in [3.8, 4) is 0 Å². The molecule has 0 aliphatic heterocycles. The summed E-state index contributed by atoms with van der Waals surface area (Å²) in [7, 11) is 0. The van der Waals surface area contributed by atoms with Crippen molar-refractivity contribution < 1.29 is 0 Å². The molecule has 0 aliphatic rings. The van der Waals surface area contributed by atoms with E-state index in [4.69, 9.17) is 25.3 Å². The molecule has 0 aromatic rings. The maximum absolute atomic E-state index is 4.94. The molecule has 0 fully saturated rings. The van der Waals surface area contributed by atoms with Crippen LogP contribution >= 0.6 is 0 Å². The smallest absolute Gasteiger partial charge is 0.793 e. The molecule has 0 aliphatic carbocycles. The van der Waals surface area contributed by atoms with Gasteiger partial charge < -0.3 is 25.3 Å². The molecule has 0 N–H and O–H groups in total. The van der Waals surface area contributed by atoms with Gasteiger partial charge in [-0.1, -0.05) is 247 Å². The fourth-order valence-electron chi connectivity index (χ4n) is 4.59. The zero-order valence-corrected chi connectivity index (χ0v) is 35.3. The molecule has 4 radical (unpaired) electrons. The van der Waals surface area contributed by atoms with Gasteiger partial charge in [0.25, 0.3) is 0 Å². The van der Waals surface area contributed by atoms with Crippen molar-refractivity contribution in [2.75, 3.05) is 11.5 Å². The van der Waals surface area contributed by atoms with Crippen LogP contribution in [0.1, 0.15) is 233 Å². The van der Waals surface area contributed by atoms with Crippen LogP contribution < -0.4 is 0 Å². The Morgan fingerprint density at radius 3 is 0.535 bits per heavy atom. The molecule has 0 amide bonds. The van der Waals surface area contributed by atoms with Crippen LogP contribution in [0.3, 0.4) is 0 Å². The van der Waals surface area contributed by atoms with Gasteiger partial charge in [0.1, 0.15) is 0 Å². The minimum absolute atomic E-state index is 0. The van der Waals surface area contributed by atoms with Gasteiger partial charge in [-0.05, 0) is 0 Å². The molecule has 3 heteroatoms. The third-order valence-electron chi connectivity index (χ3n) is 7.70. The van der Waals surface area contributed by atoms with Gasteiger partial charge in [0.15, 0.2) is 0 Å². The number of hydrogen-bond donors (Lipinski definition) is 0. The predicted octanol–water partition coefficient (Wildman–Crippen LogP) is 14.9. The van der Waals surface area contributed by atoms with Crippen molar-refractivity contribution >= 4 is 49.2 Å². The van der Waals surface area contributed by atoms with E-state index in [1.165, 1.54) is 193 Å². The van der Waals surface area contributed by atoms with Gasteiger partial charge >= 0.3 is 23.9 Å². The second-order valence-corrected chi connectivity index (χ2v) is 13.1. The molecule has 0 saturated carbocycles. The van der Waals surface area contributed by atoms with Gasteiger partial charge in [-0.15, -0.1) is 0 Å². The molecule has 0 atom stereocenters. The van der Waals surface area contributed by atoms with E-state index >= 15 is 0 Å². The van der Waals surface area contributed by atoms with Crippen LogP contribution in [0, 0.1) is 13.8 Å². The summed E-state index contributed by atoms with van der Waals surface area (Å²) >= 11 is 9.88. The van der Waals surface area contributed by atoms with E-state index in [1.54, 1.807) is 0 Å². The molecule has 0 spiro atoms. The zero-order valence-electron chi connectivity index (χ0n) is 30.8. The molecule has 0 heterocycles. The summed E-state index contributed by atoms with van der Waals surface area (Å²) in [5.74, 6) is 1.91. The molecule has 0 unspecified atom stereocenters. The van der Waals surface area contributed by atoms with Crippen molar-refractivity contribution in [3.63, 3.8) is 0 Å². The summed E-state index contributed by atoms with van der Waals surface area (Å²) in [4.78, 5) is 0. The normalized spacial score (nSPS) is 10.0. The van der Waals surface area contributed by atoms with E-state index in [2.05, 4.69) is 41.5 Å². The molecule has 0 aromatic carbocycles. The van der Waals surface area contributed by atoms with Crippen molar-refractivity contribution in [2.24, 2.45) is 0 Å². The third kappa shape index (κ3) is 75.5. The topological polar surface area (TPSA) is 0 Å². The van der Waals surface area contributed by atoms with E-state index in [0.29, 0.717) is 0 Å². The molecule has 0 aromatic heterocycles. The monoisotopic (exact) mass is 749 g/mol. The first-order valence-electron chi connectivity index (χ1n) is 19.4. The molecule has 0 bridgehead atoms. The third-order valence-corrected chi connectivity index (χ3v) is 8.28. The summed E-state index contributed by atoms with van der Waals surface area (Å²) in [5.41, 5.74) is 0. The second-order valence-electron chi connectivity index (χ2n) is 12.3. The minimum atomic E-state index is 0. The zero-order chi connectivity index (χ0) is 32.0. The SMILES string of the molecule is CCCCCCCCCCCCCCCC[S-].CCCCCCCCCCCCCCCC[S-].[CH2]CCC.[CH2]CCC.[Sn+2]. The first-order valence-corrected chi connectivity index (χ1v) is 20.6. The van der Waals surface area contributed by atoms with Crippen LogP contribution in [0.25, 0.3) is 0 Å². The Balaban J connectivity index is -0.000000175. The van der Waals surface area contributed by atoms with Crippen LogP contribution in [0.4, 0.5) is 0 Å². The Kier molecular flexibility index (Phi) is 78.2. The average Bonchev–Trinajstić information content (AvgIpc) is 3.02. The molecule has 0 rings (SSSR count). The first-order chi connectivity index (χ1) is 20.7. The summed E-state index contributed by atoms with van der Waals surface area (Å²) in [5, 5.41) is 0. The van der Waals surface area contributed by atoms with Gasteiger partial charge in [0.2, 0.25) is 0 Å². The molecule has 0 saturated heterocycles. The summed E-state index contributed by atoms with van der Waals surface area (Å²) in [6.07, 6.45) is 44.5. The van der Waals surface area contributed by atoms with Gasteiger partial charge in [-0.25, -0.2) is 0 Å². The molecule has 0 nitrogen and oxygen atoms in total. The minimum Gasteiger partial charge on any atom is -0.793 e. The van der Waals surface area contributed by atoms with Crippen LogP contribution in [-0.4, -0.2) is 35.4 Å². The van der Waals surface area contributed by atoms with E-state index in [0.717, 1.165) is 24.3 Å². The van der Waals surface area contributed by atoms with Gasteiger partial charge in [0, 0.05) is 0 Å². The van der Waals surface area contributed by atoms with Gasteiger partial charge in [-0.3, -0.25) is 0 Å². The maximum atomic E-state index is 4.94. The Bertz CT molecular complexity index is 298. The van der Waals surface area contributed by atoms with Crippen LogP contribution in [-0.2, 0) is 25.3 Å². The number of rotatable bonds is 30. The molecule has 43 heavy (non-hydrogen) atoms. The quantitative estimate of drug-likeness (QED) is 0.0408. The molecular formula is C40H84S2Sn. The van der Waals surface area contributed by atoms with Crippen LogP contribution in [0.15, 0.2) is 0 Å². The van der Waals surface area contributed by atoms with E-state index < -0.39 is 0 Å². The van der Waals surface area contributed by atoms with E-state index in [1.807, 2.05) is 0 Å². The summed E-state index contributed by atoms with van der Waals surface area (Å²) in [6, 6.07) is 0. The summed E-state index contributed by atoms with van der Waals surface area (Å²) in [6.45, 7) is 16.0. The Hall–Kier alpha value is 1.50. The maximum Gasteiger partial charge on any atom is 2.00 e. The van der Waals surface area contributed by atoms with Crippen molar-refractivity contribution in [2.45, 2.75) is 233 Å². The Morgan fingerprint density at radius 1 is 0.279 bits per heavy atom. The fraction of sp³-hybridized carbons (Fsp3) is 0.950. The second kappa shape index (κ2) is 62.3. The van der Waals surface area contributed by atoms with E-state index in [-0.39, 0.29) is 23.9 Å².